The summed E-state index contributed by atoms with van der Waals surface area (Å²) in [6, 6.07) is 18.0. The highest BCUT2D eigenvalue weighted by Crippen LogP contribution is 2.26. The summed E-state index contributed by atoms with van der Waals surface area (Å²) in [6.07, 6.45) is 0.0877. The fraction of sp³-hybridized carbons (Fsp3) is 0.167. The third-order valence-electron chi connectivity index (χ3n) is 3.77. The number of ether oxygens (including phenoxy) is 2. The van der Waals surface area contributed by atoms with Gasteiger partial charge in [-0.15, -0.1) is 0 Å². The van der Waals surface area contributed by atoms with E-state index in [1.54, 1.807) is 0 Å². The first kappa shape index (κ1) is 12.4. The summed E-state index contributed by atoms with van der Waals surface area (Å²) >= 11 is 0. The predicted octanol–water partition coefficient (Wildman–Crippen LogP) is 3.55. The van der Waals surface area contributed by atoms with E-state index in [-0.39, 0.29) is 12.1 Å². The minimum atomic E-state index is -0.286. The van der Waals surface area contributed by atoms with E-state index in [1.807, 2.05) is 30.3 Å². The molecule has 1 aliphatic rings. The molecule has 0 N–H and O–H groups in total. The van der Waals surface area contributed by atoms with Gasteiger partial charge in [-0.05, 0) is 39.7 Å². The van der Waals surface area contributed by atoms with Gasteiger partial charge in [-0.3, -0.25) is 0 Å². The van der Waals surface area contributed by atoms with Crippen LogP contribution in [-0.4, -0.2) is 25.3 Å². The minimum Gasteiger partial charge on any atom is -0.459 e. The van der Waals surface area contributed by atoms with Gasteiger partial charge in [-0.25, -0.2) is 4.79 Å². The number of carbonyl (C=O) groups excluding carboxylic acids is 1. The fourth-order valence-electron chi connectivity index (χ4n) is 2.56. The molecule has 1 unspecified atom stereocenters. The summed E-state index contributed by atoms with van der Waals surface area (Å²) < 4.78 is 10.4. The second-order valence-corrected chi connectivity index (χ2v) is 5.28. The molecule has 4 rings (SSSR count). The molecule has 21 heavy (non-hydrogen) atoms. The molecule has 1 fully saturated rings. The second-order valence-electron chi connectivity index (χ2n) is 5.28. The van der Waals surface area contributed by atoms with Gasteiger partial charge < -0.3 is 9.47 Å². The Morgan fingerprint density at radius 2 is 1.76 bits per heavy atom. The lowest BCUT2D eigenvalue weighted by Gasteiger charge is -2.08. The zero-order chi connectivity index (χ0) is 14.2. The van der Waals surface area contributed by atoms with Crippen molar-refractivity contribution in [1.29, 1.82) is 0 Å². The van der Waals surface area contributed by atoms with E-state index in [0.717, 1.165) is 16.2 Å². The van der Waals surface area contributed by atoms with Crippen molar-refractivity contribution in [2.24, 2.45) is 0 Å². The molecule has 1 saturated heterocycles. The summed E-state index contributed by atoms with van der Waals surface area (Å²) in [5, 5.41) is 4.27. The van der Waals surface area contributed by atoms with E-state index < -0.39 is 0 Å². The lowest BCUT2D eigenvalue weighted by atomic mass is 10.00. The van der Waals surface area contributed by atoms with E-state index in [9.17, 15) is 4.79 Å². The summed E-state index contributed by atoms with van der Waals surface area (Å²) in [6.45, 7) is 1.02. The van der Waals surface area contributed by atoms with Crippen LogP contribution in [0.3, 0.4) is 0 Å². The van der Waals surface area contributed by atoms with Crippen molar-refractivity contribution >= 4 is 27.5 Å². The van der Waals surface area contributed by atoms with Gasteiger partial charge in [0.2, 0.25) is 0 Å². The molecule has 0 amide bonds. The Balaban J connectivity index is 1.80. The van der Waals surface area contributed by atoms with Crippen LogP contribution in [0.4, 0.5) is 0 Å². The summed E-state index contributed by atoms with van der Waals surface area (Å²) in [7, 11) is 0. The summed E-state index contributed by atoms with van der Waals surface area (Å²) in [4.78, 5) is 12.2. The average Bonchev–Trinajstić information content (AvgIpc) is 3.34. The van der Waals surface area contributed by atoms with Crippen LogP contribution in [0.2, 0.25) is 0 Å². The molecule has 3 heteroatoms. The van der Waals surface area contributed by atoms with E-state index in [4.69, 9.17) is 9.47 Å². The molecule has 104 valence electrons. The highest BCUT2D eigenvalue weighted by atomic mass is 16.6. The molecule has 0 radical (unpaired) electrons. The molecule has 0 aromatic heterocycles. The van der Waals surface area contributed by atoms with Crippen LogP contribution in [0, 0.1) is 0 Å². The summed E-state index contributed by atoms with van der Waals surface area (Å²) in [5.74, 6) is -0.286. The van der Waals surface area contributed by atoms with Gasteiger partial charge in [0.25, 0.3) is 0 Å². The summed E-state index contributed by atoms with van der Waals surface area (Å²) in [5.41, 5.74) is 0.610. The second kappa shape index (κ2) is 4.86. The third kappa shape index (κ3) is 2.36. The van der Waals surface area contributed by atoms with E-state index >= 15 is 0 Å². The van der Waals surface area contributed by atoms with Crippen molar-refractivity contribution in [3.8, 4) is 0 Å². The van der Waals surface area contributed by atoms with Gasteiger partial charge in [-0.2, -0.15) is 0 Å². The van der Waals surface area contributed by atoms with Gasteiger partial charge in [0.05, 0.1) is 12.2 Å². The van der Waals surface area contributed by atoms with Crippen molar-refractivity contribution in [3.63, 3.8) is 0 Å². The predicted molar refractivity (Wildman–Crippen MR) is 81.5 cm³/mol. The SMILES string of the molecule is O=C(OCC1CO1)c1cccc2cc3ccccc3cc12. The molecule has 0 spiro atoms. The molecule has 0 aliphatic carbocycles. The quantitative estimate of drug-likeness (QED) is 0.418. The Bertz CT molecular complexity index is 834. The standard InChI is InChI=1S/C18H14O3/c19-18(21-11-15-10-20-15)16-7-3-6-14-8-12-4-1-2-5-13(12)9-17(14)16/h1-9,15H,10-11H2. The number of epoxide rings is 1. The van der Waals surface area contributed by atoms with Gasteiger partial charge in [0.15, 0.2) is 0 Å². The molecule has 0 bridgehead atoms. The van der Waals surface area contributed by atoms with Crippen molar-refractivity contribution in [3.05, 3.63) is 60.2 Å². The van der Waals surface area contributed by atoms with E-state index in [2.05, 4.69) is 24.3 Å². The lowest BCUT2D eigenvalue weighted by molar-refractivity contribution is 0.0479. The average molecular weight is 278 g/mol. The molecule has 1 heterocycles. The fourth-order valence-corrected chi connectivity index (χ4v) is 2.56. The van der Waals surface area contributed by atoms with Gasteiger partial charge >= 0.3 is 5.97 Å². The molecular weight excluding hydrogens is 264 g/mol. The highest BCUT2D eigenvalue weighted by Gasteiger charge is 2.24. The minimum absolute atomic E-state index is 0.0877. The third-order valence-corrected chi connectivity index (χ3v) is 3.77. The maximum Gasteiger partial charge on any atom is 0.338 e. The topological polar surface area (TPSA) is 38.8 Å². The lowest BCUT2D eigenvalue weighted by Crippen LogP contribution is -2.10. The van der Waals surface area contributed by atoms with E-state index in [1.165, 1.54) is 5.39 Å². The normalized spacial score (nSPS) is 17.0. The molecule has 1 aliphatic heterocycles. The van der Waals surface area contributed by atoms with Crippen LogP contribution in [0.15, 0.2) is 54.6 Å². The molecule has 0 saturated carbocycles. The number of esters is 1. The number of hydrogen-bond donors (Lipinski definition) is 0. The molecule has 1 atom stereocenters. The molecular formula is C18H14O3. The highest BCUT2D eigenvalue weighted by molar-refractivity contribution is 6.08. The largest absolute Gasteiger partial charge is 0.459 e. The first-order valence-corrected chi connectivity index (χ1v) is 7.01. The van der Waals surface area contributed by atoms with Crippen LogP contribution < -0.4 is 0 Å². The van der Waals surface area contributed by atoms with Crippen molar-refractivity contribution in [2.45, 2.75) is 6.10 Å². The monoisotopic (exact) mass is 278 g/mol. The first-order valence-electron chi connectivity index (χ1n) is 7.01. The Morgan fingerprint density at radius 3 is 2.52 bits per heavy atom. The van der Waals surface area contributed by atoms with Crippen LogP contribution in [0.1, 0.15) is 10.4 Å². The van der Waals surface area contributed by atoms with Crippen LogP contribution in [0.25, 0.3) is 21.5 Å². The van der Waals surface area contributed by atoms with Gasteiger partial charge in [0, 0.05) is 0 Å². The van der Waals surface area contributed by atoms with Crippen molar-refractivity contribution in [2.75, 3.05) is 13.2 Å². The number of benzene rings is 3. The Labute approximate surface area is 122 Å². The van der Waals surface area contributed by atoms with Crippen molar-refractivity contribution in [1.82, 2.24) is 0 Å². The number of rotatable bonds is 3. The maximum atomic E-state index is 12.2. The van der Waals surface area contributed by atoms with E-state index in [0.29, 0.717) is 18.8 Å². The number of hydrogen-bond acceptors (Lipinski definition) is 3. The van der Waals surface area contributed by atoms with Gasteiger partial charge in [0.1, 0.15) is 12.7 Å². The Kier molecular flexibility index (Phi) is 2.86. The van der Waals surface area contributed by atoms with Crippen LogP contribution in [0.5, 0.6) is 0 Å². The Morgan fingerprint density at radius 1 is 1.05 bits per heavy atom. The number of carbonyl (C=O) groups is 1. The smallest absolute Gasteiger partial charge is 0.338 e. The zero-order valence-corrected chi connectivity index (χ0v) is 11.4. The first-order chi connectivity index (χ1) is 10.3. The number of fused-ring (bicyclic) bond motifs is 2. The van der Waals surface area contributed by atoms with Crippen molar-refractivity contribution < 1.29 is 14.3 Å². The molecule has 3 nitrogen and oxygen atoms in total. The van der Waals surface area contributed by atoms with Gasteiger partial charge in [-0.1, -0.05) is 36.4 Å². The molecule has 3 aromatic carbocycles. The zero-order valence-electron chi connectivity index (χ0n) is 11.4. The maximum absolute atomic E-state index is 12.2. The molecule has 3 aromatic rings. The van der Waals surface area contributed by atoms with Crippen LogP contribution in [-0.2, 0) is 9.47 Å². The Hall–Kier alpha value is -2.39. The van der Waals surface area contributed by atoms with Crippen LogP contribution >= 0.6 is 0 Å².